The highest BCUT2D eigenvalue weighted by Crippen LogP contribution is 2.17. The summed E-state index contributed by atoms with van der Waals surface area (Å²) in [6, 6.07) is 7.62. The summed E-state index contributed by atoms with van der Waals surface area (Å²) in [5.41, 5.74) is 0.664. The maximum Gasteiger partial charge on any atom is 0.358 e. The fraction of sp³-hybridized carbons (Fsp3) is 0.0769. The van der Waals surface area contributed by atoms with E-state index in [1.807, 2.05) is 0 Å². The van der Waals surface area contributed by atoms with Crippen LogP contribution in [0.4, 0.5) is 0 Å². The van der Waals surface area contributed by atoms with E-state index in [9.17, 15) is 13.2 Å². The highest BCUT2D eigenvalue weighted by Gasteiger charge is 2.18. The predicted molar refractivity (Wildman–Crippen MR) is 74.8 cm³/mol. The van der Waals surface area contributed by atoms with Gasteiger partial charge >= 0.3 is 10.1 Å². The lowest BCUT2D eigenvalue weighted by Crippen LogP contribution is -2.11. The van der Waals surface area contributed by atoms with E-state index in [-0.39, 0.29) is 21.4 Å². The van der Waals surface area contributed by atoms with Gasteiger partial charge < -0.3 is 0 Å². The molecule has 0 fully saturated rings. The van der Waals surface area contributed by atoms with Crippen LogP contribution in [-0.4, -0.2) is 19.9 Å². The summed E-state index contributed by atoms with van der Waals surface area (Å²) in [6.45, 7) is 1.61. The molecule has 1 aromatic rings. The number of ketones is 1. The molecule has 2 rings (SSSR count). The molecule has 0 aromatic heterocycles. The Balaban J connectivity index is 2.26. The lowest BCUT2D eigenvalue weighted by Gasteiger charge is -2.08. The average molecular weight is 312 g/mol. The molecule has 0 radical (unpaired) electrons. The largest absolute Gasteiger partial charge is 0.358 e. The zero-order chi connectivity index (χ0) is 14.8. The van der Waals surface area contributed by atoms with Gasteiger partial charge in [-0.05, 0) is 36.8 Å². The Morgan fingerprint density at radius 3 is 2.45 bits per heavy atom. The Labute approximate surface area is 121 Å². The lowest BCUT2D eigenvalue weighted by molar-refractivity contribution is -0.110. The Morgan fingerprint density at radius 1 is 1.15 bits per heavy atom. The molecular formula is C13H10ClNO4S. The van der Waals surface area contributed by atoms with E-state index >= 15 is 0 Å². The number of rotatable bonds is 3. The van der Waals surface area contributed by atoms with Crippen LogP contribution in [0.3, 0.4) is 0 Å². The molecule has 20 heavy (non-hydrogen) atoms. The topological polar surface area (TPSA) is 72.8 Å². The van der Waals surface area contributed by atoms with Crippen LogP contribution in [0.5, 0.6) is 0 Å². The Hall–Kier alpha value is -1.92. The third-order valence-corrected chi connectivity index (χ3v) is 3.93. The molecule has 0 unspecified atom stereocenters. The van der Waals surface area contributed by atoms with Crippen LogP contribution >= 0.6 is 11.6 Å². The number of benzene rings is 1. The van der Waals surface area contributed by atoms with Gasteiger partial charge in [0.15, 0.2) is 5.78 Å². The second kappa shape index (κ2) is 5.60. The van der Waals surface area contributed by atoms with Crippen molar-refractivity contribution in [3.8, 4) is 0 Å². The van der Waals surface area contributed by atoms with Crippen molar-refractivity contribution in [3.05, 3.63) is 53.1 Å². The quantitative estimate of drug-likeness (QED) is 0.634. The monoisotopic (exact) mass is 311 g/mol. The van der Waals surface area contributed by atoms with Crippen molar-refractivity contribution in [3.63, 3.8) is 0 Å². The summed E-state index contributed by atoms with van der Waals surface area (Å²) in [4.78, 5) is 11.3. The Bertz CT molecular complexity index is 733. The van der Waals surface area contributed by atoms with Gasteiger partial charge in [-0.2, -0.15) is 8.42 Å². The molecule has 0 heterocycles. The highest BCUT2D eigenvalue weighted by molar-refractivity contribution is 7.86. The number of nitrogens with zero attached hydrogens (tertiary/aromatic N) is 1. The van der Waals surface area contributed by atoms with Gasteiger partial charge in [0, 0.05) is 0 Å². The molecule has 0 saturated carbocycles. The first-order chi connectivity index (χ1) is 9.40. The van der Waals surface area contributed by atoms with Crippen molar-refractivity contribution in [1.29, 1.82) is 0 Å². The Morgan fingerprint density at radius 2 is 1.80 bits per heavy atom. The molecule has 1 aliphatic carbocycles. The highest BCUT2D eigenvalue weighted by atomic mass is 35.5. The van der Waals surface area contributed by atoms with E-state index in [1.54, 1.807) is 25.1 Å². The number of allylic oxidation sites excluding steroid dienone is 4. The van der Waals surface area contributed by atoms with Gasteiger partial charge in [0.05, 0.1) is 5.03 Å². The third-order valence-electron chi connectivity index (χ3n) is 2.52. The number of carbonyl (C=O) groups excluding carboxylic acids is 1. The van der Waals surface area contributed by atoms with Crippen LogP contribution in [0.1, 0.15) is 6.92 Å². The molecule has 0 bridgehead atoms. The fourth-order valence-electron chi connectivity index (χ4n) is 1.46. The maximum absolute atomic E-state index is 11.9. The summed E-state index contributed by atoms with van der Waals surface area (Å²) in [7, 11) is -3.99. The van der Waals surface area contributed by atoms with Crippen LogP contribution in [0.15, 0.2) is 63.1 Å². The Kier molecular flexibility index (Phi) is 4.06. The molecule has 0 amide bonds. The van der Waals surface area contributed by atoms with E-state index in [4.69, 9.17) is 11.6 Å². The van der Waals surface area contributed by atoms with Crippen LogP contribution in [0, 0.1) is 0 Å². The van der Waals surface area contributed by atoms with Crippen molar-refractivity contribution in [2.24, 2.45) is 5.16 Å². The van der Waals surface area contributed by atoms with Crippen molar-refractivity contribution in [1.82, 2.24) is 0 Å². The smallest absolute Gasteiger partial charge is 0.288 e. The van der Waals surface area contributed by atoms with Gasteiger partial charge in [0.2, 0.25) is 0 Å². The molecule has 104 valence electrons. The molecule has 0 atom stereocenters. The van der Waals surface area contributed by atoms with Crippen LogP contribution in [0.25, 0.3) is 0 Å². The minimum Gasteiger partial charge on any atom is -0.288 e. The number of hydrogen-bond acceptors (Lipinski definition) is 5. The lowest BCUT2D eigenvalue weighted by atomic mass is 10.1. The molecule has 0 N–H and O–H groups in total. The van der Waals surface area contributed by atoms with Gasteiger partial charge in [-0.1, -0.05) is 35.0 Å². The molecular weight excluding hydrogens is 302 g/mol. The minimum absolute atomic E-state index is 0.00653. The van der Waals surface area contributed by atoms with Crippen molar-refractivity contribution < 1.29 is 17.5 Å². The van der Waals surface area contributed by atoms with Crippen LogP contribution in [-0.2, 0) is 19.2 Å². The summed E-state index contributed by atoms with van der Waals surface area (Å²) < 4.78 is 28.3. The van der Waals surface area contributed by atoms with E-state index in [1.165, 1.54) is 24.3 Å². The average Bonchev–Trinajstić information content (AvgIpc) is 2.42. The first-order valence-corrected chi connectivity index (χ1v) is 7.36. The normalized spacial score (nSPS) is 17.7. The van der Waals surface area contributed by atoms with Crippen LogP contribution < -0.4 is 0 Å². The summed E-state index contributed by atoms with van der Waals surface area (Å²) in [5.74, 6) is -0.353. The van der Waals surface area contributed by atoms with E-state index in [0.29, 0.717) is 5.57 Å². The van der Waals surface area contributed by atoms with Gasteiger partial charge in [0.25, 0.3) is 0 Å². The first kappa shape index (κ1) is 14.5. The zero-order valence-corrected chi connectivity index (χ0v) is 12.0. The molecule has 0 aliphatic heterocycles. The van der Waals surface area contributed by atoms with Crippen LogP contribution in [0.2, 0.25) is 0 Å². The second-order valence-corrected chi connectivity index (χ2v) is 5.94. The second-order valence-electron chi connectivity index (χ2n) is 4.00. The standard InChI is InChI=1S/C13H10ClNO4S/c1-9-7-13(16)11(14)8-12(9)15-19-20(17,18)10-5-3-2-4-6-10/h2-8H,1H3/b15-12+. The summed E-state index contributed by atoms with van der Waals surface area (Å²) >= 11 is 5.68. The molecule has 0 saturated heterocycles. The molecule has 0 spiro atoms. The molecule has 1 aromatic carbocycles. The van der Waals surface area contributed by atoms with Gasteiger partial charge in [-0.15, -0.1) is 0 Å². The number of halogens is 1. The van der Waals surface area contributed by atoms with Gasteiger partial charge in [-0.25, -0.2) is 0 Å². The maximum atomic E-state index is 11.9. The first-order valence-electron chi connectivity index (χ1n) is 5.57. The predicted octanol–water partition coefficient (Wildman–Crippen LogP) is 2.40. The minimum atomic E-state index is -3.99. The number of carbonyl (C=O) groups is 1. The molecule has 1 aliphatic rings. The van der Waals surface area contributed by atoms with E-state index in [2.05, 4.69) is 9.44 Å². The number of hydrogen-bond donors (Lipinski definition) is 0. The van der Waals surface area contributed by atoms with Gasteiger partial charge in [-0.3, -0.25) is 9.08 Å². The summed E-state index contributed by atoms with van der Waals surface area (Å²) in [6.07, 6.45) is 2.53. The molecule has 7 heteroatoms. The number of oxime groups is 1. The SMILES string of the molecule is CC1=CC(=O)C(Cl)=C/C1=N\OS(=O)(=O)c1ccccc1. The molecule has 5 nitrogen and oxygen atoms in total. The van der Waals surface area contributed by atoms with Crippen molar-refractivity contribution in [2.45, 2.75) is 11.8 Å². The zero-order valence-electron chi connectivity index (χ0n) is 10.4. The third kappa shape index (κ3) is 3.15. The van der Waals surface area contributed by atoms with Crippen molar-refractivity contribution >= 4 is 33.2 Å². The van der Waals surface area contributed by atoms with Gasteiger partial charge in [0.1, 0.15) is 10.6 Å². The fourth-order valence-corrected chi connectivity index (χ4v) is 2.38. The summed E-state index contributed by atoms with van der Waals surface area (Å²) in [5, 5.41) is 3.50. The van der Waals surface area contributed by atoms with E-state index in [0.717, 1.165) is 0 Å². The van der Waals surface area contributed by atoms with Crippen molar-refractivity contribution in [2.75, 3.05) is 0 Å². The van der Waals surface area contributed by atoms with E-state index < -0.39 is 10.1 Å².